The van der Waals surface area contributed by atoms with Gasteiger partial charge in [0.15, 0.2) is 0 Å². The van der Waals surface area contributed by atoms with E-state index in [0.29, 0.717) is 0 Å². The molecule has 0 aliphatic carbocycles. The Morgan fingerprint density at radius 3 is 1.27 bits per heavy atom. The zero-order valence-electron chi connectivity index (χ0n) is 6.57. The Kier molecular flexibility index (Phi) is 3.85. The molecule has 0 aromatic heterocycles. The summed E-state index contributed by atoms with van der Waals surface area (Å²) in [6.45, 7) is 2.95. The van der Waals surface area contributed by atoms with E-state index in [1.54, 1.807) is 0 Å². The molecule has 0 unspecified atom stereocenters. The molecule has 0 saturated heterocycles. The fourth-order valence-corrected chi connectivity index (χ4v) is 11.9. The molecule has 0 atom stereocenters. The molecule has 0 aliphatic heterocycles. The summed E-state index contributed by atoms with van der Waals surface area (Å²) < 4.78 is 43.0. The Labute approximate surface area is 69.6 Å². The predicted octanol–water partition coefficient (Wildman–Crippen LogP) is 1.17. The van der Waals surface area contributed by atoms with Crippen LogP contribution in [0.5, 0.6) is 0 Å². The first-order chi connectivity index (χ1) is 4.83. The normalized spacial score (nSPS) is 13.3. The van der Waals surface area contributed by atoms with Crippen molar-refractivity contribution in [3.63, 3.8) is 0 Å². The van der Waals surface area contributed by atoms with Crippen molar-refractivity contribution in [1.29, 1.82) is 0 Å². The Morgan fingerprint density at radius 2 is 1.09 bits per heavy atom. The molecule has 0 N–H and O–H groups in total. The van der Waals surface area contributed by atoms with E-state index in [1.807, 2.05) is 0 Å². The summed E-state index contributed by atoms with van der Waals surface area (Å²) in [5.74, 6) is 0. The summed E-state index contributed by atoms with van der Waals surface area (Å²) in [6.07, 6.45) is 0. The van der Waals surface area contributed by atoms with E-state index < -0.39 is 29.6 Å². The van der Waals surface area contributed by atoms with Gasteiger partial charge in [-0.25, -0.2) is 0 Å². The Hall–Kier alpha value is 0.239. The van der Waals surface area contributed by atoms with E-state index in [4.69, 9.17) is 0 Å². The molecule has 0 saturated carbocycles. The van der Waals surface area contributed by atoms with Crippen LogP contribution in [0.15, 0.2) is 0 Å². The maximum atomic E-state index is 10.9. The topological polar surface area (TPSA) is 68.3 Å². The second-order valence-corrected chi connectivity index (χ2v) is 13.9. The average molecular weight is 294 g/mol. The van der Waals surface area contributed by atoms with Crippen molar-refractivity contribution >= 4 is 25.4 Å². The molecule has 0 fully saturated rings. The molecule has 6 heteroatoms. The number of hydrogen-bond acceptors (Lipinski definition) is 4. The van der Waals surface area contributed by atoms with Crippen LogP contribution in [0.3, 0.4) is 0 Å². The van der Waals surface area contributed by atoms with Crippen molar-refractivity contribution in [2.24, 2.45) is 0 Å². The molecule has 0 aliphatic rings. The summed E-state index contributed by atoms with van der Waals surface area (Å²) in [6, 6.07) is 0. The molecule has 4 nitrogen and oxygen atoms in total. The third kappa shape index (κ3) is 4.64. The molecule has 0 rings (SSSR count). The summed E-state index contributed by atoms with van der Waals surface area (Å²) in [5, 5.41) is -0.0553. The van der Waals surface area contributed by atoms with Gasteiger partial charge in [-0.1, -0.05) is 0 Å². The molecule has 0 amide bonds. The van der Waals surface area contributed by atoms with Crippen LogP contribution in [-0.4, -0.2) is 25.4 Å². The molecule has 0 heterocycles. The molecule has 0 bridgehead atoms. The Bertz CT molecular complexity index is 265. The minimum atomic E-state index is -4.06. The summed E-state index contributed by atoms with van der Waals surface area (Å²) in [4.78, 5) is 0. The Balaban J connectivity index is 4.54. The van der Waals surface area contributed by atoms with Crippen molar-refractivity contribution in [2.45, 2.75) is 28.7 Å². The van der Waals surface area contributed by atoms with Crippen LogP contribution >= 0.6 is 0 Å². The van der Waals surface area contributed by atoms with Crippen molar-refractivity contribution in [1.82, 2.24) is 0 Å². The first kappa shape index (κ1) is 11.2. The standard InChI is InChI=1S/C5H12O4Se2/c1-3-10(6,7)5-11(8,9)4-2/h3-5H2,1-2H3. The van der Waals surface area contributed by atoms with Crippen LogP contribution in [0.4, 0.5) is 0 Å². The van der Waals surface area contributed by atoms with Crippen LogP contribution in [0, 0.1) is 0 Å². The minimum absolute atomic E-state index is 0.0277. The second-order valence-electron chi connectivity index (χ2n) is 2.18. The zero-order chi connectivity index (χ0) is 9.12. The predicted molar refractivity (Wildman–Crippen MR) is 40.0 cm³/mol. The summed E-state index contributed by atoms with van der Waals surface area (Å²) in [7, 11) is 0. The van der Waals surface area contributed by atoms with Crippen LogP contribution in [0.1, 0.15) is 13.8 Å². The van der Waals surface area contributed by atoms with Gasteiger partial charge in [-0.2, -0.15) is 0 Å². The van der Waals surface area contributed by atoms with Gasteiger partial charge in [0, 0.05) is 0 Å². The molecular weight excluding hydrogens is 282 g/mol. The van der Waals surface area contributed by atoms with Crippen LogP contribution in [0.2, 0.25) is 14.9 Å². The van der Waals surface area contributed by atoms with E-state index in [2.05, 4.69) is 0 Å². The maximum absolute atomic E-state index is 10.9. The van der Waals surface area contributed by atoms with Crippen molar-refractivity contribution in [3.8, 4) is 0 Å². The Morgan fingerprint density at radius 1 is 0.818 bits per heavy atom. The van der Waals surface area contributed by atoms with Gasteiger partial charge in [0.1, 0.15) is 0 Å². The van der Waals surface area contributed by atoms with Gasteiger partial charge in [0.25, 0.3) is 0 Å². The third-order valence-corrected chi connectivity index (χ3v) is 14.3. The van der Waals surface area contributed by atoms with Crippen LogP contribution in [-0.2, 0) is 15.3 Å². The van der Waals surface area contributed by atoms with E-state index in [0.717, 1.165) is 0 Å². The zero-order valence-corrected chi connectivity index (χ0v) is 10.00. The van der Waals surface area contributed by atoms with Gasteiger partial charge in [0.2, 0.25) is 0 Å². The number of hydrogen-bond donors (Lipinski definition) is 0. The first-order valence-electron chi connectivity index (χ1n) is 3.24. The first-order valence-corrected chi connectivity index (χ1v) is 10.9. The SMILES string of the molecule is CC[Se](=O)(=O)C[Se](=O)(=O)CC. The molecule has 0 aromatic carbocycles. The fraction of sp³-hybridized carbons (Fsp3) is 1.00. The molecule has 11 heavy (non-hydrogen) atoms. The molecule has 0 spiro atoms. The monoisotopic (exact) mass is 296 g/mol. The van der Waals surface area contributed by atoms with Crippen molar-refractivity contribution in [3.05, 3.63) is 0 Å². The summed E-state index contributed by atoms with van der Waals surface area (Å²) >= 11 is -8.12. The van der Waals surface area contributed by atoms with E-state index in [1.165, 1.54) is 13.8 Å². The molecule has 0 radical (unpaired) electrons. The quantitative estimate of drug-likeness (QED) is 0.730. The molecular formula is C5H12O4Se2. The van der Waals surface area contributed by atoms with Gasteiger partial charge >= 0.3 is 69.5 Å². The van der Waals surface area contributed by atoms with E-state index >= 15 is 0 Å². The van der Waals surface area contributed by atoms with Gasteiger partial charge in [0.05, 0.1) is 0 Å². The summed E-state index contributed by atoms with van der Waals surface area (Å²) in [5.41, 5.74) is 0. The second kappa shape index (κ2) is 3.76. The van der Waals surface area contributed by atoms with Gasteiger partial charge in [-0.05, 0) is 0 Å². The molecule has 0 aromatic rings. The van der Waals surface area contributed by atoms with Gasteiger partial charge in [-0.15, -0.1) is 0 Å². The fourth-order valence-electron chi connectivity index (χ4n) is 0.440. The van der Waals surface area contributed by atoms with E-state index in [9.17, 15) is 15.3 Å². The van der Waals surface area contributed by atoms with Gasteiger partial charge < -0.3 is 0 Å². The van der Waals surface area contributed by atoms with Crippen LogP contribution in [0.25, 0.3) is 0 Å². The van der Waals surface area contributed by atoms with Gasteiger partial charge in [-0.3, -0.25) is 0 Å². The third-order valence-electron chi connectivity index (χ3n) is 1.24. The average Bonchev–Trinajstić information content (AvgIpc) is 1.86. The van der Waals surface area contributed by atoms with Crippen molar-refractivity contribution < 1.29 is 15.3 Å². The van der Waals surface area contributed by atoms with Crippen LogP contribution < -0.4 is 0 Å². The van der Waals surface area contributed by atoms with E-state index in [-0.39, 0.29) is 10.6 Å². The number of rotatable bonds is 4. The van der Waals surface area contributed by atoms with Crippen molar-refractivity contribution in [2.75, 3.05) is 0 Å². The molecule has 68 valence electrons.